The second-order valence-corrected chi connectivity index (χ2v) is 8.84. The van der Waals surface area contributed by atoms with Crippen LogP contribution in [0, 0.1) is 5.82 Å². The zero-order valence-corrected chi connectivity index (χ0v) is 21.6. The van der Waals surface area contributed by atoms with E-state index in [2.05, 4.69) is 25.5 Å². The molecule has 12 heteroatoms. The Morgan fingerprint density at radius 1 is 1.21 bits per heavy atom. The van der Waals surface area contributed by atoms with E-state index in [0.29, 0.717) is 60.9 Å². The standard InChI is InChI=1S/C26H28ClF2N5O4/c1-36-11-12-38-24-15-22-18(25(31-16-30-22)32-17-4-5-20(28)19(27)13-17)14-23(24)33-26(35)21(29)3-2-6-34-7-9-37-10-8-34/h3-5,13-16H,2,6-12H2,1H3,(H,33,35)(H,30,31,32)/b21-3-. The van der Waals surface area contributed by atoms with Gasteiger partial charge in [0.25, 0.3) is 5.91 Å². The number of halogens is 3. The highest BCUT2D eigenvalue weighted by Gasteiger charge is 2.17. The van der Waals surface area contributed by atoms with Crippen LogP contribution in [0.25, 0.3) is 10.9 Å². The van der Waals surface area contributed by atoms with Crippen molar-refractivity contribution >= 4 is 45.6 Å². The van der Waals surface area contributed by atoms with Crippen molar-refractivity contribution in [1.29, 1.82) is 0 Å². The Bertz CT molecular complexity index is 1300. The lowest BCUT2D eigenvalue weighted by atomic mass is 10.1. The molecule has 38 heavy (non-hydrogen) atoms. The summed E-state index contributed by atoms with van der Waals surface area (Å²) in [6.45, 7) is 4.00. The third kappa shape index (κ3) is 7.35. The quantitative estimate of drug-likeness (QED) is 0.263. The molecule has 1 amide bonds. The van der Waals surface area contributed by atoms with Gasteiger partial charge >= 0.3 is 0 Å². The average Bonchev–Trinajstić information content (AvgIpc) is 2.92. The molecule has 0 unspecified atom stereocenters. The molecule has 2 N–H and O–H groups in total. The minimum absolute atomic E-state index is 0.0500. The summed E-state index contributed by atoms with van der Waals surface area (Å²) >= 11 is 5.90. The van der Waals surface area contributed by atoms with Crippen LogP contribution < -0.4 is 15.4 Å². The summed E-state index contributed by atoms with van der Waals surface area (Å²) in [7, 11) is 1.54. The molecule has 0 spiro atoms. The summed E-state index contributed by atoms with van der Waals surface area (Å²) in [4.78, 5) is 23.4. The Hall–Kier alpha value is -3.38. The van der Waals surface area contributed by atoms with Crippen molar-refractivity contribution in [2.45, 2.75) is 6.42 Å². The highest BCUT2D eigenvalue weighted by Crippen LogP contribution is 2.34. The molecule has 202 valence electrons. The number of benzene rings is 2. The number of methoxy groups -OCH3 is 1. The molecule has 1 fully saturated rings. The normalized spacial score (nSPS) is 14.5. The minimum atomic E-state index is -0.903. The van der Waals surface area contributed by atoms with Crippen molar-refractivity contribution in [2.24, 2.45) is 0 Å². The molecule has 1 aliphatic heterocycles. The number of nitrogens with one attached hydrogen (secondary N) is 2. The Balaban J connectivity index is 1.57. The second-order valence-electron chi connectivity index (χ2n) is 8.43. The third-order valence-corrected chi connectivity index (χ3v) is 6.09. The number of aromatic nitrogens is 2. The van der Waals surface area contributed by atoms with Crippen LogP contribution in [0.1, 0.15) is 6.42 Å². The van der Waals surface area contributed by atoms with Crippen LogP contribution in [0.15, 0.2) is 48.6 Å². The van der Waals surface area contributed by atoms with E-state index < -0.39 is 17.6 Å². The van der Waals surface area contributed by atoms with Gasteiger partial charge in [0.2, 0.25) is 0 Å². The van der Waals surface area contributed by atoms with Crippen molar-refractivity contribution in [1.82, 2.24) is 14.9 Å². The Kier molecular flexibility index (Phi) is 9.77. The molecule has 9 nitrogen and oxygen atoms in total. The van der Waals surface area contributed by atoms with Crippen molar-refractivity contribution in [3.63, 3.8) is 0 Å². The van der Waals surface area contributed by atoms with Gasteiger partial charge in [-0.3, -0.25) is 9.69 Å². The van der Waals surface area contributed by atoms with E-state index in [1.165, 1.54) is 37.7 Å². The molecule has 4 rings (SSSR count). The molecule has 3 aromatic rings. The number of ether oxygens (including phenoxy) is 3. The van der Waals surface area contributed by atoms with Gasteiger partial charge in [-0.15, -0.1) is 0 Å². The number of rotatable bonds is 11. The molecule has 1 saturated heterocycles. The third-order valence-electron chi connectivity index (χ3n) is 5.80. The molecule has 0 aliphatic carbocycles. The number of amides is 1. The van der Waals surface area contributed by atoms with Gasteiger partial charge < -0.3 is 24.8 Å². The van der Waals surface area contributed by atoms with E-state index >= 15 is 0 Å². The lowest BCUT2D eigenvalue weighted by Crippen LogP contribution is -2.36. The van der Waals surface area contributed by atoms with Gasteiger partial charge in [0.05, 0.1) is 36.0 Å². The first kappa shape index (κ1) is 27.6. The smallest absolute Gasteiger partial charge is 0.284 e. The Morgan fingerprint density at radius 2 is 2.03 bits per heavy atom. The number of hydrogen-bond acceptors (Lipinski definition) is 8. The maximum atomic E-state index is 14.7. The van der Waals surface area contributed by atoms with Crippen molar-refractivity contribution in [2.75, 3.05) is 63.8 Å². The van der Waals surface area contributed by atoms with Crippen molar-refractivity contribution in [3.05, 3.63) is 59.4 Å². The summed E-state index contributed by atoms with van der Waals surface area (Å²) in [5.41, 5.74) is 1.23. The van der Waals surface area contributed by atoms with E-state index in [-0.39, 0.29) is 17.3 Å². The number of fused-ring (bicyclic) bond motifs is 1. The van der Waals surface area contributed by atoms with Crippen LogP contribution in [0.2, 0.25) is 5.02 Å². The Labute approximate surface area is 223 Å². The zero-order chi connectivity index (χ0) is 26.9. The lowest BCUT2D eigenvalue weighted by molar-refractivity contribution is -0.114. The van der Waals surface area contributed by atoms with Gasteiger partial charge in [0.15, 0.2) is 5.83 Å². The molecule has 0 radical (unpaired) electrons. The first-order chi connectivity index (χ1) is 18.4. The first-order valence-corrected chi connectivity index (χ1v) is 12.4. The van der Waals surface area contributed by atoms with Crippen molar-refractivity contribution in [3.8, 4) is 5.75 Å². The summed E-state index contributed by atoms with van der Waals surface area (Å²) in [5, 5.41) is 6.13. The van der Waals surface area contributed by atoms with Crippen LogP contribution in [0.3, 0.4) is 0 Å². The van der Waals surface area contributed by atoms with Gasteiger partial charge in [-0.05, 0) is 36.8 Å². The first-order valence-electron chi connectivity index (χ1n) is 12.0. The number of nitrogens with zero attached hydrogens (tertiary/aromatic N) is 3. The summed E-state index contributed by atoms with van der Waals surface area (Å²) < 4.78 is 44.4. The number of anilines is 3. The fraction of sp³-hybridized carbons (Fsp3) is 0.346. The fourth-order valence-electron chi connectivity index (χ4n) is 3.82. The summed E-state index contributed by atoms with van der Waals surface area (Å²) in [6.07, 6.45) is 3.01. The van der Waals surface area contributed by atoms with Crippen LogP contribution in [0.4, 0.5) is 26.0 Å². The van der Waals surface area contributed by atoms with Crippen LogP contribution in [0.5, 0.6) is 5.75 Å². The molecule has 0 bridgehead atoms. The zero-order valence-electron chi connectivity index (χ0n) is 20.8. The average molecular weight is 548 g/mol. The predicted octanol–water partition coefficient (Wildman–Crippen LogP) is 4.71. The van der Waals surface area contributed by atoms with Gasteiger partial charge in [-0.1, -0.05) is 11.6 Å². The monoisotopic (exact) mass is 547 g/mol. The number of morpholine rings is 1. The maximum absolute atomic E-state index is 14.7. The minimum Gasteiger partial charge on any atom is -0.489 e. The van der Waals surface area contributed by atoms with E-state index in [4.69, 9.17) is 25.8 Å². The summed E-state index contributed by atoms with van der Waals surface area (Å²) in [5.74, 6) is -1.69. The van der Waals surface area contributed by atoms with E-state index in [9.17, 15) is 13.6 Å². The van der Waals surface area contributed by atoms with E-state index in [0.717, 1.165) is 13.1 Å². The van der Waals surface area contributed by atoms with Crippen LogP contribution >= 0.6 is 11.6 Å². The van der Waals surface area contributed by atoms with Crippen LogP contribution in [-0.2, 0) is 14.3 Å². The fourth-order valence-corrected chi connectivity index (χ4v) is 4.00. The highest BCUT2D eigenvalue weighted by atomic mass is 35.5. The topological polar surface area (TPSA) is 97.8 Å². The molecule has 0 atom stereocenters. The van der Waals surface area contributed by atoms with Gasteiger partial charge in [-0.2, -0.15) is 0 Å². The van der Waals surface area contributed by atoms with Gasteiger partial charge in [-0.25, -0.2) is 18.7 Å². The van der Waals surface area contributed by atoms with Gasteiger partial charge in [0, 0.05) is 43.9 Å². The number of hydrogen-bond donors (Lipinski definition) is 2. The second kappa shape index (κ2) is 13.4. The molecular weight excluding hydrogens is 520 g/mol. The van der Waals surface area contributed by atoms with Crippen molar-refractivity contribution < 1.29 is 27.8 Å². The SMILES string of the molecule is COCCOc1cc2ncnc(Nc3ccc(F)c(Cl)c3)c2cc1NC(=O)/C(F)=C/CCN1CCOCC1. The Morgan fingerprint density at radius 3 is 2.79 bits per heavy atom. The van der Waals surface area contributed by atoms with E-state index in [1.54, 1.807) is 12.1 Å². The molecule has 2 aromatic carbocycles. The lowest BCUT2D eigenvalue weighted by Gasteiger charge is -2.25. The highest BCUT2D eigenvalue weighted by molar-refractivity contribution is 6.31. The number of carbonyl (C=O) groups is 1. The molecule has 2 heterocycles. The molecule has 0 saturated carbocycles. The van der Waals surface area contributed by atoms with E-state index in [1.807, 2.05) is 0 Å². The largest absolute Gasteiger partial charge is 0.489 e. The molecule has 1 aliphatic rings. The maximum Gasteiger partial charge on any atom is 0.284 e. The van der Waals surface area contributed by atoms with Crippen LogP contribution in [-0.4, -0.2) is 73.9 Å². The molecular formula is C26H28ClF2N5O4. The number of carbonyl (C=O) groups excluding carboxylic acids is 1. The summed E-state index contributed by atoms with van der Waals surface area (Å²) in [6, 6.07) is 7.37. The predicted molar refractivity (Wildman–Crippen MR) is 141 cm³/mol. The molecule has 1 aromatic heterocycles. The van der Waals surface area contributed by atoms with Gasteiger partial charge in [0.1, 0.15) is 30.3 Å².